The molecular formula is C15H22FNO. The Hall–Kier alpha value is -1.09. The van der Waals surface area contributed by atoms with E-state index in [0.717, 1.165) is 18.2 Å². The number of rotatable bonds is 4. The van der Waals surface area contributed by atoms with Crippen LogP contribution in [0.1, 0.15) is 44.3 Å². The Morgan fingerprint density at radius 3 is 2.67 bits per heavy atom. The van der Waals surface area contributed by atoms with Crippen molar-refractivity contribution in [1.82, 2.24) is 0 Å². The smallest absolute Gasteiger partial charge is 0.123 e. The first kappa shape index (κ1) is 13.3. The van der Waals surface area contributed by atoms with Gasteiger partial charge in [-0.2, -0.15) is 0 Å². The minimum Gasteiger partial charge on any atom is -0.389 e. The third kappa shape index (κ3) is 3.02. The largest absolute Gasteiger partial charge is 0.389 e. The van der Waals surface area contributed by atoms with Gasteiger partial charge in [0, 0.05) is 24.8 Å². The molecule has 100 valence electrons. The number of anilines is 1. The molecule has 3 heteroatoms. The molecule has 0 spiro atoms. The van der Waals surface area contributed by atoms with Crippen molar-refractivity contribution in [2.45, 2.75) is 38.7 Å². The second-order valence-electron chi connectivity index (χ2n) is 5.41. The SMILES string of the molecule is CC(O)c1cc(F)ccc1N(C)CC1CCCC1. The van der Waals surface area contributed by atoms with Crippen LogP contribution in [0.25, 0.3) is 0 Å². The minimum atomic E-state index is -0.637. The Morgan fingerprint density at radius 1 is 1.39 bits per heavy atom. The summed E-state index contributed by atoms with van der Waals surface area (Å²) in [6, 6.07) is 4.67. The maximum Gasteiger partial charge on any atom is 0.123 e. The lowest BCUT2D eigenvalue weighted by Crippen LogP contribution is -2.25. The van der Waals surface area contributed by atoms with Gasteiger partial charge in [0.25, 0.3) is 0 Å². The quantitative estimate of drug-likeness (QED) is 0.885. The highest BCUT2D eigenvalue weighted by molar-refractivity contribution is 5.54. The summed E-state index contributed by atoms with van der Waals surface area (Å²) in [5, 5.41) is 9.75. The van der Waals surface area contributed by atoms with Crippen LogP contribution in [-0.4, -0.2) is 18.7 Å². The van der Waals surface area contributed by atoms with Crippen LogP contribution in [0.5, 0.6) is 0 Å². The molecule has 1 fully saturated rings. The molecule has 0 amide bonds. The molecular weight excluding hydrogens is 229 g/mol. The molecule has 0 radical (unpaired) electrons. The van der Waals surface area contributed by atoms with Gasteiger partial charge in [-0.3, -0.25) is 0 Å². The zero-order chi connectivity index (χ0) is 13.1. The van der Waals surface area contributed by atoms with E-state index in [1.807, 2.05) is 7.05 Å². The number of hydrogen-bond donors (Lipinski definition) is 1. The molecule has 1 aliphatic carbocycles. The molecule has 1 atom stereocenters. The molecule has 1 N–H and O–H groups in total. The fourth-order valence-corrected chi connectivity index (χ4v) is 2.89. The van der Waals surface area contributed by atoms with Crippen LogP contribution in [0.4, 0.5) is 10.1 Å². The monoisotopic (exact) mass is 251 g/mol. The maximum absolute atomic E-state index is 13.2. The zero-order valence-electron chi connectivity index (χ0n) is 11.2. The van der Waals surface area contributed by atoms with E-state index in [1.54, 1.807) is 13.0 Å². The third-order valence-corrected chi connectivity index (χ3v) is 3.86. The van der Waals surface area contributed by atoms with Crippen LogP contribution in [-0.2, 0) is 0 Å². The summed E-state index contributed by atoms with van der Waals surface area (Å²) in [5.74, 6) is 0.450. The lowest BCUT2D eigenvalue weighted by Gasteiger charge is -2.26. The second kappa shape index (κ2) is 5.70. The van der Waals surface area contributed by atoms with Crippen molar-refractivity contribution in [2.24, 2.45) is 5.92 Å². The molecule has 2 rings (SSSR count). The lowest BCUT2D eigenvalue weighted by molar-refractivity contribution is 0.199. The van der Waals surface area contributed by atoms with Crippen LogP contribution >= 0.6 is 0 Å². The van der Waals surface area contributed by atoms with Gasteiger partial charge in [0.1, 0.15) is 5.82 Å². The number of nitrogens with zero attached hydrogens (tertiary/aromatic N) is 1. The first-order chi connectivity index (χ1) is 8.58. The third-order valence-electron chi connectivity index (χ3n) is 3.86. The molecule has 1 aromatic carbocycles. The first-order valence-corrected chi connectivity index (χ1v) is 6.76. The van der Waals surface area contributed by atoms with Crippen molar-refractivity contribution >= 4 is 5.69 Å². The number of aliphatic hydroxyl groups is 1. The van der Waals surface area contributed by atoms with E-state index in [9.17, 15) is 9.50 Å². The van der Waals surface area contributed by atoms with Gasteiger partial charge in [0.15, 0.2) is 0 Å². The highest BCUT2D eigenvalue weighted by atomic mass is 19.1. The van der Waals surface area contributed by atoms with E-state index in [-0.39, 0.29) is 5.82 Å². The Labute approximate surface area is 108 Å². The number of benzene rings is 1. The van der Waals surface area contributed by atoms with Crippen molar-refractivity contribution in [1.29, 1.82) is 0 Å². The summed E-state index contributed by atoms with van der Waals surface area (Å²) >= 11 is 0. The van der Waals surface area contributed by atoms with Crippen LogP contribution in [0, 0.1) is 11.7 Å². The molecule has 1 aromatic rings. The molecule has 0 heterocycles. The number of aliphatic hydroxyl groups excluding tert-OH is 1. The first-order valence-electron chi connectivity index (χ1n) is 6.76. The van der Waals surface area contributed by atoms with Gasteiger partial charge in [-0.1, -0.05) is 12.8 Å². The van der Waals surface area contributed by atoms with E-state index < -0.39 is 6.10 Å². The van der Waals surface area contributed by atoms with E-state index in [4.69, 9.17) is 0 Å². The van der Waals surface area contributed by atoms with E-state index in [2.05, 4.69) is 4.90 Å². The van der Waals surface area contributed by atoms with Crippen molar-refractivity contribution in [2.75, 3.05) is 18.5 Å². The fraction of sp³-hybridized carbons (Fsp3) is 0.600. The minimum absolute atomic E-state index is 0.288. The molecule has 2 nitrogen and oxygen atoms in total. The number of halogens is 1. The standard InChI is InChI=1S/C15H22FNO/c1-11(18)14-9-13(16)7-8-15(14)17(2)10-12-5-3-4-6-12/h7-9,11-12,18H,3-6,10H2,1-2H3. The zero-order valence-corrected chi connectivity index (χ0v) is 11.2. The summed E-state index contributed by atoms with van der Waals surface area (Å²) in [7, 11) is 2.03. The molecule has 0 saturated heterocycles. The fourth-order valence-electron chi connectivity index (χ4n) is 2.89. The van der Waals surface area contributed by atoms with Crippen LogP contribution in [0.15, 0.2) is 18.2 Å². The van der Waals surface area contributed by atoms with Gasteiger partial charge in [-0.25, -0.2) is 4.39 Å². The van der Waals surface area contributed by atoms with E-state index in [1.165, 1.54) is 37.8 Å². The maximum atomic E-state index is 13.2. The van der Waals surface area contributed by atoms with Gasteiger partial charge >= 0.3 is 0 Å². The normalized spacial score (nSPS) is 18.0. The van der Waals surface area contributed by atoms with E-state index >= 15 is 0 Å². The second-order valence-corrected chi connectivity index (χ2v) is 5.41. The summed E-state index contributed by atoms with van der Waals surface area (Å²) in [6.45, 7) is 2.67. The van der Waals surface area contributed by atoms with E-state index in [0.29, 0.717) is 5.56 Å². The van der Waals surface area contributed by atoms with Crippen molar-refractivity contribution in [3.63, 3.8) is 0 Å². The van der Waals surface area contributed by atoms with Crippen molar-refractivity contribution < 1.29 is 9.50 Å². The molecule has 1 saturated carbocycles. The summed E-state index contributed by atoms with van der Waals surface area (Å²) in [5.41, 5.74) is 1.62. The predicted octanol–water partition coefficient (Wildman–Crippen LogP) is 3.51. The predicted molar refractivity (Wildman–Crippen MR) is 72.3 cm³/mol. The lowest BCUT2D eigenvalue weighted by atomic mass is 10.0. The summed E-state index contributed by atoms with van der Waals surface area (Å²) in [6.07, 6.45) is 4.59. The van der Waals surface area contributed by atoms with Crippen molar-refractivity contribution in [3.05, 3.63) is 29.6 Å². The highest BCUT2D eigenvalue weighted by Gasteiger charge is 2.19. The molecule has 18 heavy (non-hydrogen) atoms. The van der Waals surface area contributed by atoms with Crippen LogP contribution in [0.3, 0.4) is 0 Å². The van der Waals surface area contributed by atoms with Gasteiger partial charge in [-0.05, 0) is 43.9 Å². The molecule has 0 bridgehead atoms. The average molecular weight is 251 g/mol. The topological polar surface area (TPSA) is 23.5 Å². The molecule has 1 aliphatic rings. The summed E-state index contributed by atoms with van der Waals surface area (Å²) in [4.78, 5) is 2.15. The Morgan fingerprint density at radius 2 is 2.06 bits per heavy atom. The van der Waals surface area contributed by atoms with Gasteiger partial charge < -0.3 is 10.0 Å². The highest BCUT2D eigenvalue weighted by Crippen LogP contribution is 2.30. The van der Waals surface area contributed by atoms with Crippen LogP contribution < -0.4 is 4.90 Å². The molecule has 0 aromatic heterocycles. The van der Waals surface area contributed by atoms with Gasteiger partial charge in [0.05, 0.1) is 6.10 Å². The van der Waals surface area contributed by atoms with Crippen molar-refractivity contribution in [3.8, 4) is 0 Å². The number of hydrogen-bond acceptors (Lipinski definition) is 2. The summed E-state index contributed by atoms with van der Waals surface area (Å²) < 4.78 is 13.2. The Bertz CT molecular complexity index is 399. The van der Waals surface area contributed by atoms with Crippen LogP contribution in [0.2, 0.25) is 0 Å². The Kier molecular flexibility index (Phi) is 4.23. The van der Waals surface area contributed by atoms with Gasteiger partial charge in [-0.15, -0.1) is 0 Å². The van der Waals surface area contributed by atoms with Gasteiger partial charge in [0.2, 0.25) is 0 Å². The molecule has 1 unspecified atom stereocenters. The Balaban J connectivity index is 2.15. The average Bonchev–Trinajstić information content (AvgIpc) is 2.81. The molecule has 0 aliphatic heterocycles.